The molecule has 0 atom stereocenters. The first-order valence-electron chi connectivity index (χ1n) is 17.7. The van der Waals surface area contributed by atoms with Crippen molar-refractivity contribution in [3.63, 3.8) is 0 Å². The van der Waals surface area contributed by atoms with Gasteiger partial charge in [-0.3, -0.25) is 34.0 Å². The van der Waals surface area contributed by atoms with Crippen molar-refractivity contribution in [2.75, 3.05) is 164 Å². The molecular weight excluding hydrogens is 658 g/mol. The molecule has 1 saturated heterocycles. The first-order chi connectivity index (χ1) is 24.2. The Labute approximate surface area is 297 Å². The van der Waals surface area contributed by atoms with E-state index in [4.69, 9.17) is 28.4 Å². The molecule has 0 aromatic heterocycles. The summed E-state index contributed by atoms with van der Waals surface area (Å²) in [6.07, 6.45) is 1.86. The summed E-state index contributed by atoms with van der Waals surface area (Å²) in [6.45, 7) is 14.0. The SMILES string of the molecule is CC(C)CCOCCOCCOCCOCCOCCOCCNC(=O)CN1CCN(CC=O)CCN(CC(=O)O)CCN(CC(=O)O)CC1. The number of aldehydes is 1. The number of carboxylic acid groups (broad SMARTS) is 2. The quantitative estimate of drug-likeness (QED) is 0.0619. The van der Waals surface area contributed by atoms with Crippen molar-refractivity contribution in [2.24, 2.45) is 5.92 Å². The summed E-state index contributed by atoms with van der Waals surface area (Å²) in [5.74, 6) is -1.49. The number of hydrogen-bond acceptors (Lipinski definition) is 14. The van der Waals surface area contributed by atoms with E-state index in [9.17, 15) is 29.4 Å². The van der Waals surface area contributed by atoms with Gasteiger partial charge in [0.1, 0.15) is 6.29 Å². The summed E-state index contributed by atoms with van der Waals surface area (Å²) < 4.78 is 33.0. The van der Waals surface area contributed by atoms with Crippen LogP contribution in [0, 0.1) is 5.92 Å². The number of nitrogens with zero attached hydrogens (tertiary/aromatic N) is 4. The van der Waals surface area contributed by atoms with E-state index in [1.54, 1.807) is 9.80 Å². The fourth-order valence-corrected chi connectivity index (χ4v) is 4.77. The molecule has 0 aromatic rings. The minimum absolute atomic E-state index is 0.108. The predicted molar refractivity (Wildman–Crippen MR) is 184 cm³/mol. The van der Waals surface area contributed by atoms with E-state index in [0.29, 0.717) is 137 Å². The van der Waals surface area contributed by atoms with Gasteiger partial charge in [0, 0.05) is 65.5 Å². The second-order valence-electron chi connectivity index (χ2n) is 12.3. The highest BCUT2D eigenvalue weighted by molar-refractivity contribution is 5.78. The monoisotopic (exact) mass is 721 g/mol. The Morgan fingerprint density at radius 1 is 0.560 bits per heavy atom. The van der Waals surface area contributed by atoms with E-state index >= 15 is 0 Å². The van der Waals surface area contributed by atoms with E-state index < -0.39 is 11.9 Å². The molecule has 1 aliphatic rings. The Morgan fingerprint density at radius 3 is 1.26 bits per heavy atom. The van der Waals surface area contributed by atoms with Crippen molar-refractivity contribution in [2.45, 2.75) is 20.3 Å². The summed E-state index contributed by atoms with van der Waals surface area (Å²) >= 11 is 0. The number of carbonyl (C=O) groups is 4. The van der Waals surface area contributed by atoms with E-state index in [1.165, 1.54) is 0 Å². The van der Waals surface area contributed by atoms with E-state index in [-0.39, 0.29) is 32.1 Å². The fraction of sp³-hybridized carbons (Fsp3) is 0.879. The molecule has 0 unspecified atom stereocenters. The van der Waals surface area contributed by atoms with Crippen molar-refractivity contribution < 1.29 is 57.8 Å². The third-order valence-corrected chi connectivity index (χ3v) is 7.62. The first-order valence-corrected chi connectivity index (χ1v) is 17.7. The lowest BCUT2D eigenvalue weighted by Crippen LogP contribution is -2.49. The van der Waals surface area contributed by atoms with Gasteiger partial charge < -0.3 is 48.7 Å². The van der Waals surface area contributed by atoms with Crippen LogP contribution in [0.5, 0.6) is 0 Å². The largest absolute Gasteiger partial charge is 0.480 e. The smallest absolute Gasteiger partial charge is 0.317 e. The summed E-state index contributed by atoms with van der Waals surface area (Å²) in [7, 11) is 0. The Morgan fingerprint density at radius 2 is 0.900 bits per heavy atom. The van der Waals surface area contributed by atoms with Gasteiger partial charge in [-0.05, 0) is 12.3 Å². The van der Waals surface area contributed by atoms with Crippen LogP contribution < -0.4 is 5.32 Å². The van der Waals surface area contributed by atoms with Gasteiger partial charge in [0.05, 0.1) is 98.9 Å². The number of rotatable bonds is 29. The Kier molecular flexibility index (Phi) is 28.7. The Hall–Kier alpha value is -2.32. The number of amides is 1. The van der Waals surface area contributed by atoms with Gasteiger partial charge in [-0.2, -0.15) is 0 Å². The van der Waals surface area contributed by atoms with Gasteiger partial charge in [-0.25, -0.2) is 0 Å². The summed E-state index contributed by atoms with van der Waals surface area (Å²) in [6, 6.07) is 0. The lowest BCUT2D eigenvalue weighted by Gasteiger charge is -2.32. The topological polar surface area (TPSA) is 189 Å². The third kappa shape index (κ3) is 28.4. The molecule has 17 heteroatoms. The highest BCUT2D eigenvalue weighted by Crippen LogP contribution is 2.01. The van der Waals surface area contributed by atoms with E-state index in [1.807, 2.05) is 9.80 Å². The lowest BCUT2D eigenvalue weighted by atomic mass is 10.1. The van der Waals surface area contributed by atoms with Crippen LogP contribution in [0.4, 0.5) is 0 Å². The zero-order valence-electron chi connectivity index (χ0n) is 30.3. The van der Waals surface area contributed by atoms with Gasteiger partial charge in [0.15, 0.2) is 0 Å². The minimum Gasteiger partial charge on any atom is -0.480 e. The molecule has 50 heavy (non-hydrogen) atoms. The van der Waals surface area contributed by atoms with Crippen LogP contribution in [0.3, 0.4) is 0 Å². The number of nitrogens with one attached hydrogen (secondary N) is 1. The van der Waals surface area contributed by atoms with Crippen LogP contribution in [0.25, 0.3) is 0 Å². The second kappa shape index (κ2) is 31.4. The van der Waals surface area contributed by atoms with E-state index in [0.717, 1.165) is 19.3 Å². The Bertz CT molecular complexity index is 888. The maximum Gasteiger partial charge on any atom is 0.317 e. The van der Waals surface area contributed by atoms with Gasteiger partial charge in [-0.15, -0.1) is 0 Å². The summed E-state index contributed by atoms with van der Waals surface area (Å²) in [5.41, 5.74) is 0. The second-order valence-corrected chi connectivity index (χ2v) is 12.3. The van der Waals surface area contributed by atoms with Crippen molar-refractivity contribution in [1.29, 1.82) is 0 Å². The summed E-state index contributed by atoms with van der Waals surface area (Å²) in [5, 5.41) is 21.5. The molecule has 0 saturated carbocycles. The molecule has 0 spiro atoms. The van der Waals surface area contributed by atoms with Crippen molar-refractivity contribution >= 4 is 24.1 Å². The highest BCUT2D eigenvalue weighted by atomic mass is 16.6. The molecule has 0 bridgehead atoms. The molecule has 1 aliphatic heterocycles. The molecular formula is C33H63N5O12. The fourth-order valence-electron chi connectivity index (χ4n) is 4.77. The molecule has 0 aromatic carbocycles. The number of carbonyl (C=O) groups excluding carboxylic acids is 2. The molecule has 0 radical (unpaired) electrons. The molecule has 1 fully saturated rings. The highest BCUT2D eigenvalue weighted by Gasteiger charge is 2.20. The predicted octanol–water partition coefficient (Wildman–Crippen LogP) is -1.16. The maximum absolute atomic E-state index is 12.7. The van der Waals surface area contributed by atoms with Crippen LogP contribution in [0.15, 0.2) is 0 Å². The molecule has 1 rings (SSSR count). The minimum atomic E-state index is -0.977. The molecule has 0 aliphatic carbocycles. The number of hydrogen-bond donors (Lipinski definition) is 3. The lowest BCUT2D eigenvalue weighted by molar-refractivity contribution is -0.140. The maximum atomic E-state index is 12.7. The molecule has 1 heterocycles. The van der Waals surface area contributed by atoms with Crippen molar-refractivity contribution in [3.05, 3.63) is 0 Å². The molecule has 292 valence electrons. The van der Waals surface area contributed by atoms with Crippen molar-refractivity contribution in [1.82, 2.24) is 24.9 Å². The average Bonchev–Trinajstić information content (AvgIpc) is 3.06. The molecule has 1 amide bonds. The third-order valence-electron chi connectivity index (χ3n) is 7.62. The van der Waals surface area contributed by atoms with Crippen LogP contribution in [0.1, 0.15) is 20.3 Å². The van der Waals surface area contributed by atoms with Gasteiger partial charge >= 0.3 is 11.9 Å². The Balaban J connectivity index is 2.17. The normalized spacial score (nSPS) is 16.2. The van der Waals surface area contributed by atoms with Crippen LogP contribution in [-0.4, -0.2) is 218 Å². The van der Waals surface area contributed by atoms with Crippen LogP contribution in [-0.2, 0) is 47.6 Å². The summed E-state index contributed by atoms with van der Waals surface area (Å²) in [4.78, 5) is 54.1. The van der Waals surface area contributed by atoms with E-state index in [2.05, 4.69) is 19.2 Å². The molecule has 17 nitrogen and oxygen atoms in total. The number of aliphatic carboxylic acids is 2. The standard InChI is InChI=1S/C33H63N5O12/c1-30(2)3-15-45-17-19-47-21-23-49-25-26-50-24-22-48-20-18-46-16-4-34-31(40)27-36-7-5-35(13-14-39)6-8-37(28-32(41)42)11-12-38(10-9-36)29-33(43)44/h14,30H,3-13,15-29H2,1-2H3,(H,34,40)(H,41,42)(H,43,44). The first kappa shape index (κ1) is 45.7. The molecule has 3 N–H and O–H groups in total. The van der Waals surface area contributed by atoms with Gasteiger partial charge in [0.2, 0.25) is 5.91 Å². The van der Waals surface area contributed by atoms with Gasteiger partial charge in [-0.1, -0.05) is 13.8 Å². The number of carboxylic acids is 2. The van der Waals surface area contributed by atoms with Crippen molar-refractivity contribution in [3.8, 4) is 0 Å². The average molecular weight is 722 g/mol. The van der Waals surface area contributed by atoms with Gasteiger partial charge in [0.25, 0.3) is 0 Å². The zero-order chi connectivity index (χ0) is 36.7. The van der Waals surface area contributed by atoms with Crippen LogP contribution in [0.2, 0.25) is 0 Å². The zero-order valence-corrected chi connectivity index (χ0v) is 30.3. The van der Waals surface area contributed by atoms with Crippen LogP contribution >= 0.6 is 0 Å². The number of ether oxygens (including phenoxy) is 6.